The Bertz CT molecular complexity index is 528. The quantitative estimate of drug-likeness (QED) is 0.778. The Morgan fingerprint density at radius 2 is 2.00 bits per heavy atom. The summed E-state index contributed by atoms with van der Waals surface area (Å²) in [6, 6.07) is 6.97. The predicted octanol–water partition coefficient (Wildman–Crippen LogP) is 2.04. The molecule has 0 radical (unpaired) electrons. The van der Waals surface area contributed by atoms with E-state index in [1.807, 2.05) is 0 Å². The van der Waals surface area contributed by atoms with Crippen LogP contribution in [0.1, 0.15) is 29.6 Å². The number of hydrogen-bond donors (Lipinski definition) is 1. The molecule has 1 atom stereocenters. The van der Waals surface area contributed by atoms with Crippen molar-refractivity contribution in [3.63, 3.8) is 0 Å². The van der Waals surface area contributed by atoms with Crippen molar-refractivity contribution in [3.8, 4) is 5.75 Å². The van der Waals surface area contributed by atoms with Crippen LogP contribution in [0.25, 0.3) is 0 Å². The zero-order valence-electron chi connectivity index (χ0n) is 13.4. The fourth-order valence-corrected chi connectivity index (χ4v) is 2.63. The summed E-state index contributed by atoms with van der Waals surface area (Å²) in [6.45, 7) is 2.10. The molecule has 1 aromatic carbocycles. The number of piperidine rings is 1. The van der Waals surface area contributed by atoms with Crippen molar-refractivity contribution in [1.82, 2.24) is 4.90 Å². The number of methoxy groups -OCH3 is 1. The highest BCUT2D eigenvalue weighted by Gasteiger charge is 2.28. The van der Waals surface area contributed by atoms with E-state index in [1.165, 1.54) is 0 Å². The lowest BCUT2D eigenvalue weighted by atomic mass is 9.97. The Morgan fingerprint density at radius 3 is 2.65 bits per heavy atom. The van der Waals surface area contributed by atoms with Crippen LogP contribution in [-0.2, 0) is 9.53 Å². The number of carboxylic acid groups (broad SMARTS) is 1. The fraction of sp³-hybridized carbons (Fsp3) is 0.529. The minimum Gasteiger partial charge on any atom is -0.494 e. The van der Waals surface area contributed by atoms with Crippen LogP contribution in [0.2, 0.25) is 0 Å². The maximum Gasteiger partial charge on any atom is 0.308 e. The first-order valence-corrected chi connectivity index (χ1v) is 7.85. The molecule has 1 fully saturated rings. The lowest BCUT2D eigenvalue weighted by Gasteiger charge is -2.30. The van der Waals surface area contributed by atoms with Gasteiger partial charge in [-0.2, -0.15) is 0 Å². The van der Waals surface area contributed by atoms with Crippen LogP contribution >= 0.6 is 0 Å². The number of nitrogens with zero attached hydrogens (tertiary/aromatic N) is 1. The van der Waals surface area contributed by atoms with Gasteiger partial charge in [-0.25, -0.2) is 0 Å². The third-order valence-corrected chi connectivity index (χ3v) is 3.92. The average molecular weight is 321 g/mol. The smallest absolute Gasteiger partial charge is 0.308 e. The Labute approximate surface area is 136 Å². The van der Waals surface area contributed by atoms with Crippen molar-refractivity contribution in [2.24, 2.45) is 5.92 Å². The molecule has 0 aromatic heterocycles. The number of amides is 1. The van der Waals surface area contributed by atoms with Crippen molar-refractivity contribution in [3.05, 3.63) is 29.8 Å². The molecule has 6 nitrogen and oxygen atoms in total. The molecule has 23 heavy (non-hydrogen) atoms. The highest BCUT2D eigenvalue weighted by atomic mass is 16.5. The van der Waals surface area contributed by atoms with Gasteiger partial charge in [-0.05, 0) is 37.1 Å². The zero-order valence-corrected chi connectivity index (χ0v) is 13.4. The molecule has 0 spiro atoms. The van der Waals surface area contributed by atoms with Gasteiger partial charge in [-0.15, -0.1) is 0 Å². The summed E-state index contributed by atoms with van der Waals surface area (Å²) in [5.41, 5.74) is 0.556. The Balaban J connectivity index is 1.90. The summed E-state index contributed by atoms with van der Waals surface area (Å²) in [5.74, 6) is -0.708. The van der Waals surface area contributed by atoms with Crippen LogP contribution in [0, 0.1) is 5.92 Å². The van der Waals surface area contributed by atoms with Crippen molar-refractivity contribution in [1.29, 1.82) is 0 Å². The summed E-state index contributed by atoms with van der Waals surface area (Å²) >= 11 is 0. The monoisotopic (exact) mass is 321 g/mol. The normalized spacial score (nSPS) is 17.8. The van der Waals surface area contributed by atoms with E-state index in [0.29, 0.717) is 37.5 Å². The lowest BCUT2D eigenvalue weighted by molar-refractivity contribution is -0.143. The zero-order chi connectivity index (χ0) is 16.7. The summed E-state index contributed by atoms with van der Waals surface area (Å²) < 4.78 is 10.5. The first kappa shape index (κ1) is 17.3. The van der Waals surface area contributed by atoms with E-state index in [4.69, 9.17) is 14.6 Å². The predicted molar refractivity (Wildman–Crippen MR) is 84.7 cm³/mol. The molecule has 1 unspecified atom stereocenters. The number of likely N-dealkylation sites (tertiary alicyclic amines) is 1. The standard InChI is InChI=1S/C17H23NO5/c1-22-10-3-11-23-15-7-5-13(6-8-15)16(19)18-9-2-4-14(12-18)17(20)21/h5-8,14H,2-4,9-12H2,1H3,(H,20,21). The molecule has 1 aliphatic rings. The molecule has 2 rings (SSSR count). The molecule has 1 N–H and O–H groups in total. The second-order valence-corrected chi connectivity index (χ2v) is 5.65. The molecule has 0 bridgehead atoms. The maximum atomic E-state index is 12.5. The minimum absolute atomic E-state index is 0.123. The Kier molecular flexibility index (Phi) is 6.40. The molecule has 1 aliphatic heterocycles. The maximum absolute atomic E-state index is 12.5. The molecule has 1 heterocycles. The number of carboxylic acids is 1. The average Bonchev–Trinajstić information content (AvgIpc) is 2.59. The van der Waals surface area contributed by atoms with Crippen LogP contribution in [0.5, 0.6) is 5.75 Å². The first-order valence-electron chi connectivity index (χ1n) is 7.85. The molecule has 0 saturated carbocycles. The minimum atomic E-state index is -0.831. The van der Waals surface area contributed by atoms with E-state index in [-0.39, 0.29) is 12.5 Å². The molecule has 1 saturated heterocycles. The highest BCUT2D eigenvalue weighted by molar-refractivity contribution is 5.94. The molecule has 126 valence electrons. The molecule has 1 amide bonds. The number of hydrogen-bond acceptors (Lipinski definition) is 4. The lowest BCUT2D eigenvalue weighted by Crippen LogP contribution is -2.42. The second kappa shape index (κ2) is 8.53. The molecule has 0 aliphatic carbocycles. The van der Waals surface area contributed by atoms with E-state index in [2.05, 4.69) is 0 Å². The van der Waals surface area contributed by atoms with Gasteiger partial charge >= 0.3 is 5.97 Å². The summed E-state index contributed by atoms with van der Waals surface area (Å²) in [4.78, 5) is 25.2. The Hall–Kier alpha value is -2.08. The first-order chi connectivity index (χ1) is 11.1. The number of rotatable bonds is 7. The highest BCUT2D eigenvalue weighted by Crippen LogP contribution is 2.20. The van der Waals surface area contributed by atoms with Gasteiger partial charge in [0.2, 0.25) is 0 Å². The van der Waals surface area contributed by atoms with Crippen molar-refractivity contribution in [2.75, 3.05) is 33.4 Å². The van der Waals surface area contributed by atoms with E-state index in [0.717, 1.165) is 12.8 Å². The molecule has 6 heteroatoms. The molecular weight excluding hydrogens is 298 g/mol. The number of ether oxygens (including phenoxy) is 2. The van der Waals surface area contributed by atoms with Gasteiger partial charge in [0.15, 0.2) is 0 Å². The van der Waals surface area contributed by atoms with E-state index >= 15 is 0 Å². The van der Waals surface area contributed by atoms with Crippen LogP contribution in [0.4, 0.5) is 0 Å². The van der Waals surface area contributed by atoms with Gasteiger partial charge in [-0.3, -0.25) is 9.59 Å². The van der Waals surface area contributed by atoms with Gasteiger partial charge < -0.3 is 19.5 Å². The van der Waals surface area contributed by atoms with E-state index in [9.17, 15) is 9.59 Å². The Morgan fingerprint density at radius 1 is 1.26 bits per heavy atom. The number of carbonyl (C=O) groups is 2. The number of benzene rings is 1. The van der Waals surface area contributed by atoms with Gasteiger partial charge in [-0.1, -0.05) is 0 Å². The van der Waals surface area contributed by atoms with Gasteiger partial charge in [0.25, 0.3) is 5.91 Å². The molecular formula is C17H23NO5. The summed E-state index contributed by atoms with van der Waals surface area (Å²) in [7, 11) is 1.65. The van der Waals surface area contributed by atoms with Gasteiger partial charge in [0, 0.05) is 38.8 Å². The largest absolute Gasteiger partial charge is 0.494 e. The second-order valence-electron chi connectivity index (χ2n) is 5.65. The van der Waals surface area contributed by atoms with Gasteiger partial charge in [0.1, 0.15) is 5.75 Å². The van der Waals surface area contributed by atoms with Gasteiger partial charge in [0.05, 0.1) is 12.5 Å². The van der Waals surface area contributed by atoms with Crippen LogP contribution in [0.3, 0.4) is 0 Å². The number of carbonyl (C=O) groups excluding carboxylic acids is 1. The fourth-order valence-electron chi connectivity index (χ4n) is 2.63. The number of aliphatic carboxylic acids is 1. The van der Waals surface area contributed by atoms with E-state index < -0.39 is 11.9 Å². The van der Waals surface area contributed by atoms with Crippen molar-refractivity contribution in [2.45, 2.75) is 19.3 Å². The SMILES string of the molecule is COCCCOc1ccc(C(=O)N2CCCC(C(=O)O)C2)cc1. The third kappa shape index (κ3) is 4.96. The molecule has 1 aromatic rings. The van der Waals surface area contributed by atoms with Crippen molar-refractivity contribution < 1.29 is 24.2 Å². The topological polar surface area (TPSA) is 76.1 Å². The van der Waals surface area contributed by atoms with Crippen molar-refractivity contribution >= 4 is 11.9 Å². The van der Waals surface area contributed by atoms with Crippen LogP contribution < -0.4 is 4.74 Å². The third-order valence-electron chi connectivity index (χ3n) is 3.92. The van der Waals surface area contributed by atoms with Crippen LogP contribution in [0.15, 0.2) is 24.3 Å². The van der Waals surface area contributed by atoms with E-state index in [1.54, 1.807) is 36.3 Å². The summed E-state index contributed by atoms with van der Waals surface area (Å²) in [5, 5.41) is 9.10. The van der Waals surface area contributed by atoms with Crippen LogP contribution in [-0.4, -0.2) is 55.3 Å². The summed E-state index contributed by atoms with van der Waals surface area (Å²) in [6.07, 6.45) is 2.16.